The maximum Gasteiger partial charge on any atom is 0.250 e. The molecule has 38 heavy (non-hydrogen) atoms. The molecule has 1 saturated heterocycles. The molecule has 0 radical (unpaired) electrons. The number of hydrogen-bond acceptors (Lipinski definition) is 7. The summed E-state index contributed by atoms with van der Waals surface area (Å²) in [6, 6.07) is 6.31. The lowest BCUT2D eigenvalue weighted by Crippen LogP contribution is -2.43. The average molecular weight is 545 g/mol. The van der Waals surface area contributed by atoms with Crippen molar-refractivity contribution >= 4 is 19.2 Å². The molecule has 1 aromatic carbocycles. The van der Waals surface area contributed by atoms with E-state index in [0.717, 1.165) is 53.8 Å². The van der Waals surface area contributed by atoms with Crippen molar-refractivity contribution in [1.29, 1.82) is 0 Å². The largest absolute Gasteiger partial charge is 0.543 e. The molecule has 1 aliphatic heterocycles. The van der Waals surface area contributed by atoms with E-state index in [1.165, 1.54) is 0 Å². The summed E-state index contributed by atoms with van der Waals surface area (Å²) in [7, 11) is -1.99. The van der Waals surface area contributed by atoms with Crippen LogP contribution >= 0.6 is 0 Å². The van der Waals surface area contributed by atoms with Crippen LogP contribution < -0.4 is 4.43 Å². The summed E-state index contributed by atoms with van der Waals surface area (Å²) in [6.45, 7) is 16.2. The molecule has 1 aliphatic rings. The van der Waals surface area contributed by atoms with E-state index in [2.05, 4.69) is 57.2 Å². The molecule has 0 bridgehead atoms. The van der Waals surface area contributed by atoms with Crippen LogP contribution in [0.1, 0.15) is 53.2 Å². The fourth-order valence-corrected chi connectivity index (χ4v) is 5.24. The highest BCUT2D eigenvalue weighted by molar-refractivity contribution is 6.74. The Morgan fingerprint density at radius 1 is 1.16 bits per heavy atom. The Bertz CT molecular complexity index is 1180. The van der Waals surface area contributed by atoms with Gasteiger partial charge in [-0.15, -0.1) is 0 Å². The summed E-state index contributed by atoms with van der Waals surface area (Å²) in [5.41, 5.74) is 2.88. The highest BCUT2D eigenvalue weighted by Gasteiger charge is 2.39. The number of benzene rings is 1. The second-order valence-electron chi connectivity index (χ2n) is 11.7. The maximum atomic E-state index is 9.24. The SMILES string of the molecule is CC(O)COCCOCCn1cc(-c2nn(C3CCCCO3)c3ccc(O[Si](C)(C)C(C)(C)C)cc23)cn1. The second kappa shape index (κ2) is 12.3. The van der Waals surface area contributed by atoms with Crippen LogP contribution in [0.25, 0.3) is 22.2 Å². The van der Waals surface area contributed by atoms with E-state index in [-0.39, 0.29) is 11.3 Å². The molecule has 0 aliphatic carbocycles. The molecule has 0 spiro atoms. The lowest BCUT2D eigenvalue weighted by molar-refractivity contribution is -0.0365. The number of ether oxygens (including phenoxy) is 3. The molecule has 2 aromatic heterocycles. The lowest BCUT2D eigenvalue weighted by atomic mass is 10.1. The number of rotatable bonds is 12. The third kappa shape index (κ3) is 7.03. The first-order valence-corrected chi connectivity index (χ1v) is 16.7. The molecule has 10 heteroatoms. The zero-order valence-electron chi connectivity index (χ0n) is 23.8. The quantitative estimate of drug-likeness (QED) is 0.241. The van der Waals surface area contributed by atoms with Crippen molar-refractivity contribution in [1.82, 2.24) is 19.6 Å². The van der Waals surface area contributed by atoms with Gasteiger partial charge in [-0.05, 0) is 62.5 Å². The number of nitrogens with zero attached hydrogens (tertiary/aromatic N) is 4. The molecule has 0 amide bonds. The van der Waals surface area contributed by atoms with Crippen LogP contribution in [-0.4, -0.2) is 72.1 Å². The predicted octanol–water partition coefficient (Wildman–Crippen LogP) is 5.40. The van der Waals surface area contributed by atoms with Crippen molar-refractivity contribution in [2.75, 3.05) is 33.0 Å². The first kappa shape index (κ1) is 28.8. The number of fused-ring (bicyclic) bond motifs is 1. The van der Waals surface area contributed by atoms with Gasteiger partial charge in [-0.2, -0.15) is 10.2 Å². The number of aliphatic hydroxyl groups is 1. The van der Waals surface area contributed by atoms with Crippen LogP contribution in [0.5, 0.6) is 5.75 Å². The predicted molar refractivity (Wildman–Crippen MR) is 151 cm³/mol. The Morgan fingerprint density at radius 3 is 2.66 bits per heavy atom. The second-order valence-corrected chi connectivity index (χ2v) is 16.4. The standard InChI is InChI=1S/C28H44N4O5Si/c1-21(33)20-35-16-15-34-14-12-31-19-22(18-29-31)27-24-17-23(37-38(5,6)28(2,3)4)10-11-25(24)32(30-27)26-9-7-8-13-36-26/h10-11,17-19,21,26,33H,7-9,12-16,20H2,1-6H3. The number of aliphatic hydroxyl groups excluding tert-OH is 1. The highest BCUT2D eigenvalue weighted by atomic mass is 28.4. The van der Waals surface area contributed by atoms with Gasteiger partial charge in [0.15, 0.2) is 6.23 Å². The highest BCUT2D eigenvalue weighted by Crippen LogP contribution is 2.39. The molecule has 3 aromatic rings. The first-order valence-electron chi connectivity index (χ1n) is 13.7. The minimum absolute atomic E-state index is 0.0633. The topological polar surface area (TPSA) is 92.8 Å². The number of aromatic nitrogens is 4. The maximum absolute atomic E-state index is 9.24. The fourth-order valence-electron chi connectivity index (χ4n) is 4.22. The number of hydrogen-bond donors (Lipinski definition) is 1. The normalized spacial score (nSPS) is 17.7. The summed E-state index contributed by atoms with van der Waals surface area (Å²) in [5, 5.41) is 20.0. The van der Waals surface area contributed by atoms with Crippen LogP contribution in [0.2, 0.25) is 18.1 Å². The minimum Gasteiger partial charge on any atom is -0.543 e. The van der Waals surface area contributed by atoms with Crippen LogP contribution in [0.3, 0.4) is 0 Å². The van der Waals surface area contributed by atoms with Gasteiger partial charge in [0.1, 0.15) is 11.4 Å². The van der Waals surface area contributed by atoms with Gasteiger partial charge in [0.05, 0.1) is 50.8 Å². The Hall–Kier alpha value is -2.24. The molecule has 2 atom stereocenters. The molecular weight excluding hydrogens is 500 g/mol. The smallest absolute Gasteiger partial charge is 0.250 e. The molecule has 1 fully saturated rings. The summed E-state index contributed by atoms with van der Waals surface area (Å²) in [5.74, 6) is 0.882. The zero-order chi connectivity index (χ0) is 27.3. The molecule has 2 unspecified atom stereocenters. The Labute approximate surface area is 227 Å². The van der Waals surface area contributed by atoms with E-state index < -0.39 is 14.4 Å². The van der Waals surface area contributed by atoms with Gasteiger partial charge in [-0.25, -0.2) is 4.68 Å². The van der Waals surface area contributed by atoms with Crippen LogP contribution in [0, 0.1) is 0 Å². The van der Waals surface area contributed by atoms with Crippen LogP contribution in [0.4, 0.5) is 0 Å². The van der Waals surface area contributed by atoms with E-state index in [1.807, 2.05) is 21.8 Å². The van der Waals surface area contributed by atoms with Crippen molar-refractivity contribution in [3.8, 4) is 17.0 Å². The third-order valence-corrected chi connectivity index (χ3v) is 11.7. The lowest BCUT2D eigenvalue weighted by Gasteiger charge is -2.36. The third-order valence-electron chi connectivity index (χ3n) is 7.39. The zero-order valence-corrected chi connectivity index (χ0v) is 24.8. The van der Waals surface area contributed by atoms with E-state index in [4.69, 9.17) is 23.7 Å². The van der Waals surface area contributed by atoms with Crippen LogP contribution in [0.15, 0.2) is 30.6 Å². The first-order chi connectivity index (χ1) is 18.0. The Kier molecular flexibility index (Phi) is 9.30. The molecule has 3 heterocycles. The summed E-state index contributed by atoms with van der Waals surface area (Å²) >= 11 is 0. The Balaban J connectivity index is 1.54. The molecule has 210 valence electrons. The van der Waals surface area contributed by atoms with Crippen molar-refractivity contribution in [2.45, 2.75) is 84.0 Å². The van der Waals surface area contributed by atoms with Crippen molar-refractivity contribution < 1.29 is 23.7 Å². The van der Waals surface area contributed by atoms with E-state index in [0.29, 0.717) is 33.0 Å². The molecule has 9 nitrogen and oxygen atoms in total. The molecule has 1 N–H and O–H groups in total. The van der Waals surface area contributed by atoms with E-state index >= 15 is 0 Å². The molecule has 0 saturated carbocycles. The van der Waals surface area contributed by atoms with Gasteiger partial charge in [0, 0.05) is 23.8 Å². The van der Waals surface area contributed by atoms with Gasteiger partial charge in [0.25, 0.3) is 0 Å². The fraction of sp³-hybridized carbons (Fsp3) is 0.643. The summed E-state index contributed by atoms with van der Waals surface area (Å²) in [6.07, 6.45) is 6.53. The van der Waals surface area contributed by atoms with Crippen molar-refractivity contribution in [3.05, 3.63) is 30.6 Å². The van der Waals surface area contributed by atoms with Gasteiger partial charge in [-0.3, -0.25) is 4.68 Å². The van der Waals surface area contributed by atoms with Crippen LogP contribution in [-0.2, 0) is 20.8 Å². The molecule has 4 rings (SSSR count). The average Bonchev–Trinajstić information content (AvgIpc) is 3.47. The van der Waals surface area contributed by atoms with Gasteiger partial charge in [0.2, 0.25) is 8.32 Å². The summed E-state index contributed by atoms with van der Waals surface area (Å²) < 4.78 is 27.7. The van der Waals surface area contributed by atoms with E-state index in [9.17, 15) is 5.11 Å². The van der Waals surface area contributed by atoms with Gasteiger partial charge < -0.3 is 23.7 Å². The molecular formula is C28H44N4O5Si. The van der Waals surface area contributed by atoms with E-state index in [1.54, 1.807) is 6.92 Å². The minimum atomic E-state index is -1.99. The summed E-state index contributed by atoms with van der Waals surface area (Å²) in [4.78, 5) is 0. The van der Waals surface area contributed by atoms with Gasteiger partial charge >= 0.3 is 0 Å². The van der Waals surface area contributed by atoms with Gasteiger partial charge in [-0.1, -0.05) is 20.8 Å². The van der Waals surface area contributed by atoms with Crippen molar-refractivity contribution in [3.63, 3.8) is 0 Å². The van der Waals surface area contributed by atoms with Crippen molar-refractivity contribution in [2.24, 2.45) is 0 Å². The monoisotopic (exact) mass is 544 g/mol. The Morgan fingerprint density at radius 2 is 1.95 bits per heavy atom.